The number of piperazine rings is 1. The van der Waals surface area contributed by atoms with E-state index < -0.39 is 0 Å². The van der Waals surface area contributed by atoms with E-state index in [0.717, 1.165) is 48.7 Å². The molecule has 0 N–H and O–H groups in total. The second kappa shape index (κ2) is 10.2. The summed E-state index contributed by atoms with van der Waals surface area (Å²) in [7, 11) is 0. The van der Waals surface area contributed by atoms with Gasteiger partial charge in [0.2, 0.25) is 0 Å². The zero-order chi connectivity index (χ0) is 25.2. The fourth-order valence-electron chi connectivity index (χ4n) is 5.48. The van der Waals surface area contributed by atoms with Gasteiger partial charge in [-0.15, -0.1) is 0 Å². The van der Waals surface area contributed by atoms with Crippen LogP contribution in [0.1, 0.15) is 48.7 Å². The predicted octanol–water partition coefficient (Wildman–Crippen LogP) is 5.81. The van der Waals surface area contributed by atoms with Crippen LogP contribution in [0.15, 0.2) is 71.5 Å². The molecule has 4 heterocycles. The zero-order valence-electron chi connectivity index (χ0n) is 20.7. The molecule has 2 fully saturated rings. The van der Waals surface area contributed by atoms with Crippen molar-refractivity contribution in [2.45, 2.75) is 38.1 Å². The Balaban J connectivity index is 1.26. The molecule has 8 heteroatoms. The SMILES string of the molecule is O=C(c1ccc(-c2c(-c3ccc(F)cc3)ncn2C2CCCCC2)o1)N1CCN(c2ccccn2)CC1. The van der Waals surface area contributed by atoms with E-state index in [9.17, 15) is 9.18 Å². The van der Waals surface area contributed by atoms with Crippen molar-refractivity contribution < 1.29 is 13.6 Å². The summed E-state index contributed by atoms with van der Waals surface area (Å²) in [6.45, 7) is 2.65. The average molecular weight is 500 g/mol. The maximum atomic E-state index is 13.6. The molecule has 0 radical (unpaired) electrons. The molecule has 6 rings (SSSR count). The molecule has 1 aromatic carbocycles. The van der Waals surface area contributed by atoms with E-state index in [4.69, 9.17) is 9.40 Å². The minimum absolute atomic E-state index is 0.112. The van der Waals surface area contributed by atoms with Gasteiger partial charge in [0.15, 0.2) is 11.5 Å². The Morgan fingerprint density at radius 3 is 2.41 bits per heavy atom. The highest BCUT2D eigenvalue weighted by atomic mass is 19.1. The van der Waals surface area contributed by atoms with Crippen molar-refractivity contribution in [1.29, 1.82) is 0 Å². The Morgan fingerprint density at radius 2 is 1.68 bits per heavy atom. The smallest absolute Gasteiger partial charge is 0.289 e. The van der Waals surface area contributed by atoms with Gasteiger partial charge in [0.25, 0.3) is 5.91 Å². The second-order valence-corrected chi connectivity index (χ2v) is 9.78. The maximum absolute atomic E-state index is 13.6. The van der Waals surface area contributed by atoms with Crippen LogP contribution in [0.5, 0.6) is 0 Å². The third-order valence-corrected chi connectivity index (χ3v) is 7.47. The van der Waals surface area contributed by atoms with E-state index in [1.54, 1.807) is 24.4 Å². The number of nitrogens with zero attached hydrogens (tertiary/aromatic N) is 5. The number of hydrogen-bond acceptors (Lipinski definition) is 5. The van der Waals surface area contributed by atoms with Crippen molar-refractivity contribution in [3.05, 3.63) is 78.7 Å². The largest absolute Gasteiger partial charge is 0.449 e. The van der Waals surface area contributed by atoms with Gasteiger partial charge < -0.3 is 18.8 Å². The molecule has 2 aliphatic rings. The molecule has 4 aromatic rings. The van der Waals surface area contributed by atoms with Crippen LogP contribution in [0.25, 0.3) is 22.7 Å². The summed E-state index contributed by atoms with van der Waals surface area (Å²) in [5, 5.41) is 0. The number of carbonyl (C=O) groups is 1. The molecule has 190 valence electrons. The van der Waals surface area contributed by atoms with Crippen molar-refractivity contribution in [2.75, 3.05) is 31.1 Å². The lowest BCUT2D eigenvalue weighted by atomic mass is 9.95. The summed E-state index contributed by atoms with van der Waals surface area (Å²) in [6.07, 6.45) is 9.43. The third kappa shape index (κ3) is 4.75. The fourth-order valence-corrected chi connectivity index (χ4v) is 5.48. The number of hydrogen-bond donors (Lipinski definition) is 0. The van der Waals surface area contributed by atoms with Gasteiger partial charge in [0.1, 0.15) is 17.3 Å². The van der Waals surface area contributed by atoms with Gasteiger partial charge in [0.05, 0.1) is 12.0 Å². The lowest BCUT2D eigenvalue weighted by Crippen LogP contribution is -2.49. The highest BCUT2D eigenvalue weighted by Crippen LogP contribution is 2.38. The molecule has 1 saturated carbocycles. The van der Waals surface area contributed by atoms with Crippen LogP contribution in [0, 0.1) is 5.82 Å². The van der Waals surface area contributed by atoms with Gasteiger partial charge in [-0.1, -0.05) is 25.3 Å². The highest BCUT2D eigenvalue weighted by molar-refractivity contribution is 5.92. The van der Waals surface area contributed by atoms with E-state index in [0.29, 0.717) is 30.7 Å². The first-order valence-corrected chi connectivity index (χ1v) is 13.1. The van der Waals surface area contributed by atoms with Crippen molar-refractivity contribution in [1.82, 2.24) is 19.4 Å². The number of aromatic nitrogens is 3. The first-order chi connectivity index (χ1) is 18.2. The summed E-state index contributed by atoms with van der Waals surface area (Å²) < 4.78 is 22.0. The fraction of sp³-hybridized carbons (Fsp3) is 0.345. The van der Waals surface area contributed by atoms with Crippen LogP contribution in [0.4, 0.5) is 10.2 Å². The monoisotopic (exact) mass is 499 g/mol. The van der Waals surface area contributed by atoms with Crippen molar-refractivity contribution in [3.8, 4) is 22.7 Å². The minimum Gasteiger partial charge on any atom is -0.449 e. The molecule has 1 saturated heterocycles. The Labute approximate surface area is 215 Å². The van der Waals surface area contributed by atoms with Gasteiger partial charge in [-0.25, -0.2) is 14.4 Å². The molecule has 3 aromatic heterocycles. The van der Waals surface area contributed by atoms with Crippen LogP contribution in [0.3, 0.4) is 0 Å². The topological polar surface area (TPSA) is 67.4 Å². The standard InChI is InChI=1S/C29H30FN5O2/c30-22-11-9-21(10-12-22)27-28(35(20-32-27)23-6-2-1-3-7-23)24-13-14-25(37-24)29(36)34-18-16-33(17-19-34)26-8-4-5-15-31-26/h4-5,8-15,20,23H,1-3,6-7,16-19H2. The van der Waals surface area contributed by atoms with Crippen molar-refractivity contribution in [3.63, 3.8) is 0 Å². The quantitative estimate of drug-likeness (QED) is 0.347. The molecule has 1 aliphatic heterocycles. The van der Waals surface area contributed by atoms with Crippen LogP contribution in [0.2, 0.25) is 0 Å². The summed E-state index contributed by atoms with van der Waals surface area (Å²) in [4.78, 5) is 26.5. The number of furan rings is 1. The molecular weight excluding hydrogens is 469 g/mol. The highest BCUT2D eigenvalue weighted by Gasteiger charge is 2.28. The lowest BCUT2D eigenvalue weighted by Gasteiger charge is -2.34. The zero-order valence-corrected chi connectivity index (χ0v) is 20.7. The summed E-state index contributed by atoms with van der Waals surface area (Å²) in [5.74, 6) is 1.46. The number of imidazole rings is 1. The molecule has 0 atom stereocenters. The first kappa shape index (κ1) is 23.5. The molecule has 37 heavy (non-hydrogen) atoms. The normalized spacial score (nSPS) is 16.8. The average Bonchev–Trinajstić information content (AvgIpc) is 3.62. The van der Waals surface area contributed by atoms with Crippen LogP contribution in [-0.4, -0.2) is 51.5 Å². The van der Waals surface area contributed by atoms with Gasteiger partial charge >= 0.3 is 0 Å². The Kier molecular flexibility index (Phi) is 6.47. The van der Waals surface area contributed by atoms with Crippen molar-refractivity contribution >= 4 is 11.7 Å². The first-order valence-electron chi connectivity index (χ1n) is 13.1. The number of anilines is 1. The van der Waals surface area contributed by atoms with Gasteiger partial charge in [-0.2, -0.15) is 0 Å². The Hall–Kier alpha value is -3.94. The van der Waals surface area contributed by atoms with Crippen LogP contribution < -0.4 is 4.90 Å². The molecule has 0 unspecified atom stereocenters. The number of pyridine rings is 1. The van der Waals surface area contributed by atoms with Crippen LogP contribution >= 0.6 is 0 Å². The van der Waals surface area contributed by atoms with E-state index in [1.165, 1.54) is 31.4 Å². The molecule has 1 amide bonds. The number of rotatable bonds is 5. The number of halogens is 1. The van der Waals surface area contributed by atoms with E-state index in [-0.39, 0.29) is 11.7 Å². The van der Waals surface area contributed by atoms with E-state index in [2.05, 4.69) is 14.5 Å². The van der Waals surface area contributed by atoms with Gasteiger partial charge in [0, 0.05) is 44.0 Å². The second-order valence-electron chi connectivity index (χ2n) is 9.78. The van der Waals surface area contributed by atoms with Gasteiger partial charge in [-0.3, -0.25) is 4.79 Å². The lowest BCUT2D eigenvalue weighted by molar-refractivity contribution is 0.0715. The number of amides is 1. The third-order valence-electron chi connectivity index (χ3n) is 7.47. The molecular formula is C29H30FN5O2. The molecule has 1 aliphatic carbocycles. The number of benzene rings is 1. The number of carbonyl (C=O) groups excluding carboxylic acids is 1. The van der Waals surface area contributed by atoms with Crippen LogP contribution in [-0.2, 0) is 0 Å². The summed E-state index contributed by atoms with van der Waals surface area (Å²) in [6, 6.07) is 16.2. The molecule has 0 bridgehead atoms. The summed E-state index contributed by atoms with van der Waals surface area (Å²) in [5.41, 5.74) is 2.40. The summed E-state index contributed by atoms with van der Waals surface area (Å²) >= 11 is 0. The van der Waals surface area contributed by atoms with E-state index >= 15 is 0 Å². The minimum atomic E-state index is -0.286. The predicted molar refractivity (Wildman–Crippen MR) is 140 cm³/mol. The van der Waals surface area contributed by atoms with E-state index in [1.807, 2.05) is 35.5 Å². The Bertz CT molecular complexity index is 1350. The Morgan fingerprint density at radius 1 is 0.892 bits per heavy atom. The van der Waals surface area contributed by atoms with Gasteiger partial charge in [-0.05, 0) is 61.4 Å². The molecule has 0 spiro atoms. The van der Waals surface area contributed by atoms with Crippen molar-refractivity contribution in [2.24, 2.45) is 0 Å². The molecule has 7 nitrogen and oxygen atoms in total. The maximum Gasteiger partial charge on any atom is 0.289 e.